The van der Waals surface area contributed by atoms with Crippen molar-refractivity contribution < 1.29 is 4.79 Å². The van der Waals surface area contributed by atoms with Crippen molar-refractivity contribution in [3.63, 3.8) is 0 Å². The number of aromatic nitrogens is 2. The van der Waals surface area contributed by atoms with E-state index in [9.17, 15) is 4.79 Å². The third-order valence-electron chi connectivity index (χ3n) is 8.26. The van der Waals surface area contributed by atoms with E-state index in [-0.39, 0.29) is 23.9 Å². The molecule has 2 aliphatic rings. The Morgan fingerprint density at radius 1 is 1.03 bits per heavy atom. The van der Waals surface area contributed by atoms with Gasteiger partial charge in [0.1, 0.15) is 5.82 Å². The first-order valence-electron chi connectivity index (χ1n) is 14.4. The maximum absolute atomic E-state index is 14.2. The number of rotatable bonds is 8. The lowest BCUT2D eigenvalue weighted by Crippen LogP contribution is -2.49. The molecule has 1 saturated heterocycles. The van der Waals surface area contributed by atoms with Crippen LogP contribution >= 0.6 is 11.6 Å². The molecule has 1 saturated carbocycles. The van der Waals surface area contributed by atoms with Crippen LogP contribution in [0.25, 0.3) is 11.3 Å². The van der Waals surface area contributed by atoms with Gasteiger partial charge in [-0.15, -0.1) is 0 Å². The number of imidazole rings is 1. The predicted octanol–water partition coefficient (Wildman–Crippen LogP) is 7.38. The van der Waals surface area contributed by atoms with Crippen molar-refractivity contribution in [1.82, 2.24) is 19.8 Å². The molecule has 1 atom stereocenters. The molecule has 1 aromatic heterocycles. The SMILES string of the molecule is CC(C)[C@H](c1nc(-c2cccc(Cl)c2)cn1CC1CCCCC1)N(C(=O)c1ccccc1)C1CCNCC1. The predicted molar refractivity (Wildman–Crippen MR) is 155 cm³/mol. The first kappa shape index (κ1) is 27.0. The van der Waals surface area contributed by atoms with E-state index in [2.05, 4.69) is 40.9 Å². The molecular formula is C32H41ClN4O. The monoisotopic (exact) mass is 532 g/mol. The first-order valence-corrected chi connectivity index (χ1v) is 14.8. The van der Waals surface area contributed by atoms with Gasteiger partial charge < -0.3 is 14.8 Å². The van der Waals surface area contributed by atoms with E-state index in [0.717, 1.165) is 55.1 Å². The van der Waals surface area contributed by atoms with Gasteiger partial charge in [0, 0.05) is 34.9 Å². The lowest BCUT2D eigenvalue weighted by atomic mass is 9.89. The van der Waals surface area contributed by atoms with Crippen LogP contribution in [0.15, 0.2) is 60.8 Å². The smallest absolute Gasteiger partial charge is 0.254 e. The Morgan fingerprint density at radius 3 is 2.45 bits per heavy atom. The number of nitrogens with one attached hydrogen (secondary N) is 1. The number of hydrogen-bond acceptors (Lipinski definition) is 3. The zero-order valence-corrected chi connectivity index (χ0v) is 23.5. The second kappa shape index (κ2) is 12.5. The normalized spacial score (nSPS) is 18.0. The Morgan fingerprint density at radius 2 is 1.76 bits per heavy atom. The van der Waals surface area contributed by atoms with Gasteiger partial charge in [-0.05, 0) is 74.9 Å². The summed E-state index contributed by atoms with van der Waals surface area (Å²) in [7, 11) is 0. The molecular weight excluding hydrogens is 492 g/mol. The summed E-state index contributed by atoms with van der Waals surface area (Å²) in [5.41, 5.74) is 2.70. The Labute approximate surface area is 232 Å². The second-order valence-corrected chi connectivity index (χ2v) is 11.8. The molecule has 1 amide bonds. The van der Waals surface area contributed by atoms with Gasteiger partial charge in [-0.2, -0.15) is 0 Å². The summed E-state index contributed by atoms with van der Waals surface area (Å²) in [5.74, 6) is 1.96. The topological polar surface area (TPSA) is 50.2 Å². The second-order valence-electron chi connectivity index (χ2n) is 11.4. The zero-order chi connectivity index (χ0) is 26.5. The van der Waals surface area contributed by atoms with Crippen molar-refractivity contribution in [3.05, 3.63) is 77.2 Å². The van der Waals surface area contributed by atoms with Crippen LogP contribution in [0, 0.1) is 11.8 Å². The number of amides is 1. The van der Waals surface area contributed by atoms with Crippen molar-refractivity contribution in [2.75, 3.05) is 13.1 Å². The molecule has 0 radical (unpaired) electrons. The molecule has 3 aromatic rings. The van der Waals surface area contributed by atoms with Gasteiger partial charge in [0.25, 0.3) is 5.91 Å². The van der Waals surface area contributed by atoms with Crippen LogP contribution in [0.4, 0.5) is 0 Å². The first-order chi connectivity index (χ1) is 18.5. The van der Waals surface area contributed by atoms with Crippen molar-refractivity contribution in [2.45, 2.75) is 77.4 Å². The zero-order valence-electron chi connectivity index (χ0n) is 22.8. The lowest BCUT2D eigenvalue weighted by molar-refractivity contribution is 0.0415. The number of carbonyl (C=O) groups excluding carboxylic acids is 1. The molecule has 0 spiro atoms. The molecule has 0 bridgehead atoms. The van der Waals surface area contributed by atoms with E-state index in [4.69, 9.17) is 16.6 Å². The number of halogens is 1. The summed E-state index contributed by atoms with van der Waals surface area (Å²) in [4.78, 5) is 21.7. The quantitative estimate of drug-likeness (QED) is 0.329. The van der Waals surface area contributed by atoms with Crippen LogP contribution in [-0.2, 0) is 6.54 Å². The van der Waals surface area contributed by atoms with E-state index in [1.807, 2.05) is 48.5 Å². The van der Waals surface area contributed by atoms with Gasteiger partial charge >= 0.3 is 0 Å². The molecule has 2 aromatic carbocycles. The van der Waals surface area contributed by atoms with Crippen LogP contribution in [0.2, 0.25) is 5.02 Å². The number of benzene rings is 2. The maximum Gasteiger partial charge on any atom is 0.254 e. The molecule has 1 N–H and O–H groups in total. The van der Waals surface area contributed by atoms with E-state index in [1.165, 1.54) is 32.1 Å². The minimum absolute atomic E-state index is 0.104. The summed E-state index contributed by atoms with van der Waals surface area (Å²) < 4.78 is 2.38. The van der Waals surface area contributed by atoms with E-state index < -0.39 is 0 Å². The molecule has 38 heavy (non-hydrogen) atoms. The van der Waals surface area contributed by atoms with Crippen LogP contribution in [0.1, 0.15) is 81.0 Å². The number of hydrogen-bond donors (Lipinski definition) is 1. The fourth-order valence-corrected chi connectivity index (χ4v) is 6.52. The van der Waals surface area contributed by atoms with Crippen LogP contribution in [0.3, 0.4) is 0 Å². The molecule has 202 valence electrons. The Kier molecular flexibility index (Phi) is 8.86. The number of nitrogens with zero attached hydrogens (tertiary/aromatic N) is 3. The fourth-order valence-electron chi connectivity index (χ4n) is 6.32. The number of piperidine rings is 1. The fraction of sp³-hybridized carbons (Fsp3) is 0.500. The minimum atomic E-state index is -0.123. The van der Waals surface area contributed by atoms with Crippen LogP contribution in [0.5, 0.6) is 0 Å². The highest BCUT2D eigenvalue weighted by Crippen LogP contribution is 2.37. The maximum atomic E-state index is 14.2. The standard InChI is InChI=1S/C32H41ClN4O/c1-23(2)30(37(28-16-18-34-19-17-28)32(38)25-12-7-4-8-13-25)31-35-29(26-14-9-15-27(33)20-26)22-36(31)21-24-10-5-3-6-11-24/h4,7-9,12-15,20,22-24,28,30,34H,3,5-6,10-11,16-19,21H2,1-2H3/t30-/m1/s1. The highest BCUT2D eigenvalue weighted by Gasteiger charge is 2.38. The van der Waals surface area contributed by atoms with Crippen molar-refractivity contribution >= 4 is 17.5 Å². The van der Waals surface area contributed by atoms with E-state index >= 15 is 0 Å². The summed E-state index contributed by atoms with van der Waals surface area (Å²) in [6, 6.07) is 17.8. The molecule has 2 fully saturated rings. The van der Waals surface area contributed by atoms with Gasteiger partial charge in [-0.3, -0.25) is 4.79 Å². The Balaban J connectivity index is 1.60. The summed E-state index contributed by atoms with van der Waals surface area (Å²) in [5, 5.41) is 4.19. The summed E-state index contributed by atoms with van der Waals surface area (Å²) in [6.45, 7) is 7.27. The average Bonchev–Trinajstić information content (AvgIpc) is 3.35. The highest BCUT2D eigenvalue weighted by molar-refractivity contribution is 6.30. The molecule has 1 aliphatic carbocycles. The number of carbonyl (C=O) groups is 1. The third-order valence-corrected chi connectivity index (χ3v) is 8.50. The van der Waals surface area contributed by atoms with Crippen LogP contribution in [-0.4, -0.2) is 39.5 Å². The average molecular weight is 533 g/mol. The van der Waals surface area contributed by atoms with Crippen LogP contribution < -0.4 is 5.32 Å². The van der Waals surface area contributed by atoms with E-state index in [1.54, 1.807) is 0 Å². The Bertz CT molecular complexity index is 1200. The molecule has 5 nitrogen and oxygen atoms in total. The Hall–Kier alpha value is -2.63. The molecule has 0 unspecified atom stereocenters. The minimum Gasteiger partial charge on any atom is -0.332 e. The van der Waals surface area contributed by atoms with Gasteiger partial charge in [0.05, 0.1) is 11.7 Å². The van der Waals surface area contributed by atoms with Crippen molar-refractivity contribution in [1.29, 1.82) is 0 Å². The third kappa shape index (κ3) is 6.16. The molecule has 2 heterocycles. The highest BCUT2D eigenvalue weighted by atomic mass is 35.5. The summed E-state index contributed by atoms with van der Waals surface area (Å²) in [6.07, 6.45) is 10.6. The van der Waals surface area contributed by atoms with Gasteiger partial charge in [0.2, 0.25) is 0 Å². The van der Waals surface area contributed by atoms with Gasteiger partial charge in [-0.25, -0.2) is 4.98 Å². The molecule has 6 heteroatoms. The lowest BCUT2D eigenvalue weighted by Gasteiger charge is -2.42. The summed E-state index contributed by atoms with van der Waals surface area (Å²) >= 11 is 6.38. The molecule has 1 aliphatic heterocycles. The van der Waals surface area contributed by atoms with Gasteiger partial charge in [0.15, 0.2) is 0 Å². The van der Waals surface area contributed by atoms with E-state index in [0.29, 0.717) is 10.9 Å². The molecule has 5 rings (SSSR count). The van der Waals surface area contributed by atoms with Crippen molar-refractivity contribution in [3.8, 4) is 11.3 Å². The van der Waals surface area contributed by atoms with Crippen molar-refractivity contribution in [2.24, 2.45) is 11.8 Å². The van der Waals surface area contributed by atoms with Gasteiger partial charge in [-0.1, -0.05) is 75.0 Å². The largest absolute Gasteiger partial charge is 0.332 e.